The molecule has 0 bridgehead atoms. The number of carbonyl (C=O) groups is 5. The lowest BCUT2D eigenvalue weighted by atomic mass is 9.96. The van der Waals surface area contributed by atoms with Crippen LogP contribution in [0.4, 0.5) is 4.79 Å². The van der Waals surface area contributed by atoms with Gasteiger partial charge in [0, 0.05) is 19.3 Å². The van der Waals surface area contributed by atoms with Crippen molar-refractivity contribution in [1.82, 2.24) is 21.3 Å². The molecular weight excluding hydrogens is 592 g/mol. The summed E-state index contributed by atoms with van der Waals surface area (Å²) in [5.41, 5.74) is 4.01. The molecule has 1 fully saturated rings. The van der Waals surface area contributed by atoms with Gasteiger partial charge in [-0.2, -0.15) is 0 Å². The third kappa shape index (κ3) is 8.13. The van der Waals surface area contributed by atoms with Crippen LogP contribution in [0.25, 0.3) is 11.1 Å². The summed E-state index contributed by atoms with van der Waals surface area (Å²) in [6, 6.07) is 12.8. The Morgan fingerprint density at radius 3 is 2.13 bits per heavy atom. The van der Waals surface area contributed by atoms with Crippen molar-refractivity contribution in [1.29, 1.82) is 0 Å². The summed E-state index contributed by atoms with van der Waals surface area (Å²) in [5.74, 6) is -3.76. The molecule has 1 heterocycles. The standard InChI is InChI=1S/C30H36N4O11/c1-15(36)32-25-27(41)26(40)22(13-35)45-29(25)34-23(37)12-31-28(42)21(10-11-24(38)39)33-30(43)44-14-20-18-8-4-2-6-16(18)17-7-3-5-9-19(17)20/h2-9,20-22,25-27,29,35,40-41H,10-14H2,1H3,(H,31,42)(H,32,36)(H,33,43)(H,34,37)(H,38,39)/t21-,22+,25+,26+,27+,29+/m0/s1. The quantitative estimate of drug-likeness (QED) is 0.141. The predicted octanol–water partition coefficient (Wildman–Crippen LogP) is -1.07. The van der Waals surface area contributed by atoms with E-state index in [-0.39, 0.29) is 18.9 Å². The van der Waals surface area contributed by atoms with Crippen LogP contribution in [0.1, 0.15) is 36.8 Å². The van der Waals surface area contributed by atoms with E-state index in [1.165, 1.54) is 0 Å². The van der Waals surface area contributed by atoms with Gasteiger partial charge in [0.25, 0.3) is 0 Å². The van der Waals surface area contributed by atoms with E-state index in [0.717, 1.165) is 29.2 Å². The van der Waals surface area contributed by atoms with Crippen LogP contribution in [0.3, 0.4) is 0 Å². The van der Waals surface area contributed by atoms with Crippen molar-refractivity contribution in [3.8, 4) is 11.1 Å². The van der Waals surface area contributed by atoms with E-state index in [2.05, 4.69) is 21.3 Å². The van der Waals surface area contributed by atoms with Crippen LogP contribution >= 0.6 is 0 Å². The Kier molecular flexibility index (Phi) is 11.1. The number of hydrogen-bond donors (Lipinski definition) is 8. The molecule has 1 saturated heterocycles. The lowest BCUT2D eigenvalue weighted by molar-refractivity contribution is -0.203. The second-order valence-electron chi connectivity index (χ2n) is 10.7. The van der Waals surface area contributed by atoms with Gasteiger partial charge in [-0.15, -0.1) is 0 Å². The summed E-state index contributed by atoms with van der Waals surface area (Å²) in [5, 5.41) is 48.5. The number of hydrogen-bond acceptors (Lipinski definition) is 10. The number of alkyl carbamates (subject to hydrolysis) is 1. The van der Waals surface area contributed by atoms with Crippen molar-refractivity contribution in [2.75, 3.05) is 19.8 Å². The van der Waals surface area contributed by atoms with E-state index in [0.29, 0.717) is 0 Å². The Morgan fingerprint density at radius 2 is 1.56 bits per heavy atom. The van der Waals surface area contributed by atoms with Crippen molar-refractivity contribution in [3.63, 3.8) is 0 Å². The highest BCUT2D eigenvalue weighted by Crippen LogP contribution is 2.44. The number of rotatable bonds is 12. The van der Waals surface area contributed by atoms with E-state index >= 15 is 0 Å². The molecule has 1 aliphatic heterocycles. The summed E-state index contributed by atoms with van der Waals surface area (Å²) < 4.78 is 10.9. The number of nitrogens with one attached hydrogen (secondary N) is 4. The average Bonchev–Trinajstić information content (AvgIpc) is 3.33. The molecule has 2 aromatic carbocycles. The van der Waals surface area contributed by atoms with E-state index in [9.17, 15) is 39.3 Å². The minimum atomic E-state index is -1.60. The molecule has 0 spiro atoms. The van der Waals surface area contributed by atoms with Gasteiger partial charge < -0.3 is 51.2 Å². The zero-order valence-corrected chi connectivity index (χ0v) is 24.3. The maximum Gasteiger partial charge on any atom is 0.407 e. The van der Waals surface area contributed by atoms with E-state index in [1.54, 1.807) is 0 Å². The molecule has 15 nitrogen and oxygen atoms in total. The van der Waals surface area contributed by atoms with Crippen LogP contribution in [-0.4, -0.2) is 107 Å². The molecule has 45 heavy (non-hydrogen) atoms. The van der Waals surface area contributed by atoms with Crippen LogP contribution in [0.2, 0.25) is 0 Å². The monoisotopic (exact) mass is 628 g/mol. The average molecular weight is 629 g/mol. The van der Waals surface area contributed by atoms with Crippen molar-refractivity contribution in [3.05, 3.63) is 59.7 Å². The minimum absolute atomic E-state index is 0.0399. The Hall–Kier alpha value is -4.57. The summed E-state index contributed by atoms with van der Waals surface area (Å²) in [7, 11) is 0. The molecular formula is C30H36N4O11. The number of ether oxygens (including phenoxy) is 2. The second kappa shape index (κ2) is 14.9. The van der Waals surface area contributed by atoms with Gasteiger partial charge in [0.15, 0.2) is 6.23 Å². The second-order valence-corrected chi connectivity index (χ2v) is 10.7. The molecule has 242 valence electrons. The highest BCUT2D eigenvalue weighted by atomic mass is 16.6. The molecule has 0 radical (unpaired) electrons. The molecule has 0 unspecified atom stereocenters. The van der Waals surface area contributed by atoms with Gasteiger partial charge in [0.2, 0.25) is 17.7 Å². The van der Waals surface area contributed by atoms with Gasteiger partial charge in [-0.3, -0.25) is 19.2 Å². The van der Waals surface area contributed by atoms with Crippen LogP contribution in [0.5, 0.6) is 0 Å². The van der Waals surface area contributed by atoms with Crippen molar-refractivity contribution in [2.24, 2.45) is 0 Å². The van der Waals surface area contributed by atoms with Crippen molar-refractivity contribution in [2.45, 2.75) is 62.3 Å². The fourth-order valence-corrected chi connectivity index (χ4v) is 5.45. The Balaban J connectivity index is 1.35. The number of aliphatic hydroxyl groups is 3. The van der Waals surface area contributed by atoms with Crippen LogP contribution in [0, 0.1) is 0 Å². The smallest absolute Gasteiger partial charge is 0.407 e. The normalized spacial score (nSPS) is 22.7. The summed E-state index contributed by atoms with van der Waals surface area (Å²) in [6.45, 7) is -0.246. The Labute approximate surface area is 257 Å². The van der Waals surface area contributed by atoms with E-state index in [1.807, 2.05) is 48.5 Å². The molecule has 15 heteroatoms. The zero-order chi connectivity index (χ0) is 32.7. The molecule has 2 aromatic rings. The molecule has 0 aromatic heterocycles. The van der Waals surface area contributed by atoms with Crippen LogP contribution in [0.15, 0.2) is 48.5 Å². The molecule has 2 aliphatic rings. The highest BCUT2D eigenvalue weighted by molar-refractivity contribution is 5.90. The fraction of sp³-hybridized carbons (Fsp3) is 0.433. The number of carboxylic acid groups (broad SMARTS) is 1. The number of aliphatic hydroxyl groups excluding tert-OH is 3. The van der Waals surface area contributed by atoms with Crippen molar-refractivity contribution >= 4 is 29.8 Å². The number of carbonyl (C=O) groups excluding carboxylic acids is 4. The van der Waals surface area contributed by atoms with Gasteiger partial charge >= 0.3 is 12.1 Å². The molecule has 4 amide bonds. The third-order valence-electron chi connectivity index (χ3n) is 7.62. The lowest BCUT2D eigenvalue weighted by Crippen LogP contribution is -2.68. The minimum Gasteiger partial charge on any atom is -0.481 e. The first-order valence-electron chi connectivity index (χ1n) is 14.3. The SMILES string of the molecule is CC(=O)N[C@@H]1[C@@H](O)[C@H](O)[C@@H](CO)O[C@H]1NC(=O)CNC(=O)[C@H](CCC(=O)O)NC(=O)OCC1c2ccccc2-c2ccccc21. The number of carboxylic acids is 1. The predicted molar refractivity (Wildman–Crippen MR) is 155 cm³/mol. The number of amides is 4. The number of fused-ring (bicyclic) bond motifs is 3. The molecule has 0 saturated carbocycles. The van der Waals surface area contributed by atoms with Gasteiger partial charge in [-0.05, 0) is 28.7 Å². The topological polar surface area (TPSA) is 233 Å². The largest absolute Gasteiger partial charge is 0.481 e. The van der Waals surface area contributed by atoms with Gasteiger partial charge in [0.05, 0.1) is 13.2 Å². The Morgan fingerprint density at radius 1 is 0.933 bits per heavy atom. The molecule has 8 N–H and O–H groups in total. The molecule has 1 aliphatic carbocycles. The lowest BCUT2D eigenvalue weighted by Gasteiger charge is -2.42. The van der Waals surface area contributed by atoms with Crippen LogP contribution < -0.4 is 21.3 Å². The van der Waals surface area contributed by atoms with Crippen LogP contribution in [-0.2, 0) is 28.7 Å². The summed E-state index contributed by atoms with van der Waals surface area (Å²) in [6.07, 6.45) is -7.53. The van der Waals surface area contributed by atoms with Crippen molar-refractivity contribution < 1.29 is 53.9 Å². The summed E-state index contributed by atoms with van der Waals surface area (Å²) >= 11 is 0. The third-order valence-corrected chi connectivity index (χ3v) is 7.62. The maximum atomic E-state index is 12.9. The first-order chi connectivity index (χ1) is 21.5. The fourth-order valence-electron chi connectivity index (χ4n) is 5.45. The summed E-state index contributed by atoms with van der Waals surface area (Å²) in [4.78, 5) is 61.2. The highest BCUT2D eigenvalue weighted by Gasteiger charge is 2.45. The number of aliphatic carboxylic acids is 1. The van der Waals surface area contributed by atoms with Gasteiger partial charge in [-0.1, -0.05) is 48.5 Å². The maximum absolute atomic E-state index is 12.9. The molecule has 4 rings (SSSR count). The van der Waals surface area contributed by atoms with Gasteiger partial charge in [0.1, 0.15) is 37.0 Å². The Bertz CT molecular complexity index is 1370. The van der Waals surface area contributed by atoms with E-state index in [4.69, 9.17) is 14.6 Å². The van der Waals surface area contributed by atoms with E-state index < -0.39 is 86.0 Å². The zero-order valence-electron chi connectivity index (χ0n) is 24.3. The first-order valence-corrected chi connectivity index (χ1v) is 14.3. The first kappa shape index (κ1) is 33.3. The van der Waals surface area contributed by atoms with Gasteiger partial charge in [-0.25, -0.2) is 4.79 Å². The molecule has 6 atom stereocenters. The number of benzene rings is 2.